The molecule has 0 radical (unpaired) electrons. The lowest BCUT2D eigenvalue weighted by atomic mass is 9.58. The van der Waals surface area contributed by atoms with Gasteiger partial charge in [-0.05, 0) is 83.7 Å². The molecule has 1 aliphatic rings. The smallest absolute Gasteiger partial charge is 0.198 e. The van der Waals surface area contributed by atoms with Crippen molar-refractivity contribution in [3.63, 3.8) is 0 Å². The SMILES string of the molecule is Cc1cc(-c2cc3c(cc2Nc2ccc(N(C)C)cc2)oc2ccccc23)c2c3c1c1ccccc1n3-c1cc3c(-c4ccccc4)c(-c4ccccc4)oc3cc1B2. The number of nitrogens with one attached hydrogen (secondary N) is 1. The summed E-state index contributed by atoms with van der Waals surface area (Å²) < 4.78 is 15.9. The zero-order valence-corrected chi connectivity index (χ0v) is 33.0. The van der Waals surface area contributed by atoms with Crippen LogP contribution in [0, 0.1) is 6.92 Å². The molecule has 0 saturated heterocycles. The number of benzene rings is 8. The summed E-state index contributed by atoms with van der Waals surface area (Å²) in [7, 11) is 4.88. The van der Waals surface area contributed by atoms with E-state index in [2.05, 4.69) is 194 Å². The van der Waals surface area contributed by atoms with Crippen molar-refractivity contribution in [2.45, 2.75) is 6.92 Å². The molecule has 0 saturated carbocycles. The van der Waals surface area contributed by atoms with Gasteiger partial charge < -0.3 is 23.6 Å². The predicted octanol–water partition coefficient (Wildman–Crippen LogP) is 12.2. The third kappa shape index (κ3) is 5.12. The molecule has 0 amide bonds. The van der Waals surface area contributed by atoms with E-state index in [0.29, 0.717) is 0 Å². The molecule has 0 bridgehead atoms. The topological polar surface area (TPSA) is 46.5 Å². The van der Waals surface area contributed by atoms with E-state index in [1.165, 1.54) is 49.5 Å². The van der Waals surface area contributed by atoms with Crippen molar-refractivity contribution in [1.82, 2.24) is 4.57 Å². The van der Waals surface area contributed by atoms with Gasteiger partial charge in [-0.3, -0.25) is 0 Å². The maximum Gasteiger partial charge on any atom is 0.198 e. The Morgan fingerprint density at radius 3 is 2.05 bits per heavy atom. The zero-order chi connectivity index (χ0) is 39.4. The first-order chi connectivity index (χ1) is 29.0. The van der Waals surface area contributed by atoms with Crippen molar-refractivity contribution in [1.29, 1.82) is 0 Å². The molecule has 0 spiro atoms. The van der Waals surface area contributed by atoms with Gasteiger partial charge in [0.15, 0.2) is 7.28 Å². The Balaban J connectivity index is 1.14. The Morgan fingerprint density at radius 1 is 0.576 bits per heavy atom. The fraction of sp³-hybridized carbons (Fsp3) is 0.0566. The van der Waals surface area contributed by atoms with Crippen LogP contribution in [0.1, 0.15) is 5.56 Å². The van der Waals surface area contributed by atoms with Crippen LogP contribution in [0.15, 0.2) is 173 Å². The molecule has 4 heterocycles. The minimum Gasteiger partial charge on any atom is -0.456 e. The van der Waals surface area contributed by atoms with Crippen LogP contribution in [0.2, 0.25) is 0 Å². The van der Waals surface area contributed by atoms with Crippen molar-refractivity contribution < 1.29 is 8.83 Å². The molecule has 11 aromatic rings. The normalized spacial score (nSPS) is 12.1. The van der Waals surface area contributed by atoms with Gasteiger partial charge in [0.2, 0.25) is 0 Å². The number of fused-ring (bicyclic) bond motifs is 9. The molecule has 0 fully saturated rings. The van der Waals surface area contributed by atoms with E-state index in [1.54, 1.807) is 0 Å². The van der Waals surface area contributed by atoms with Crippen molar-refractivity contribution >= 4 is 90.0 Å². The quantitative estimate of drug-likeness (QED) is 0.172. The molecule has 1 N–H and O–H groups in total. The molecule has 0 unspecified atom stereocenters. The van der Waals surface area contributed by atoms with Gasteiger partial charge in [-0.25, -0.2) is 0 Å². The molecule has 5 nitrogen and oxygen atoms in total. The maximum atomic E-state index is 6.93. The van der Waals surface area contributed by atoms with Gasteiger partial charge in [-0.15, -0.1) is 0 Å². The Kier molecular flexibility index (Phi) is 7.30. The Labute approximate surface area is 342 Å². The lowest BCUT2D eigenvalue weighted by Crippen LogP contribution is -2.37. The number of para-hydroxylation sites is 2. The third-order valence-electron chi connectivity index (χ3n) is 12.3. The summed E-state index contributed by atoms with van der Waals surface area (Å²) in [4.78, 5) is 2.12. The Morgan fingerprint density at radius 2 is 1.27 bits per heavy atom. The van der Waals surface area contributed by atoms with Crippen LogP contribution in [0.3, 0.4) is 0 Å². The Hall–Kier alpha value is -7.44. The number of anilines is 3. The Bertz CT molecular complexity index is 3470. The van der Waals surface area contributed by atoms with E-state index in [-0.39, 0.29) is 0 Å². The largest absolute Gasteiger partial charge is 0.456 e. The second-order valence-electron chi connectivity index (χ2n) is 16.0. The number of hydrogen-bond acceptors (Lipinski definition) is 4. The number of furan rings is 2. The van der Waals surface area contributed by atoms with E-state index >= 15 is 0 Å². The van der Waals surface area contributed by atoms with Gasteiger partial charge in [0, 0.05) is 86.4 Å². The summed E-state index contributed by atoms with van der Waals surface area (Å²) in [5, 5.41) is 9.72. The molecule has 1 aliphatic heterocycles. The molecule has 6 heteroatoms. The first-order valence-corrected chi connectivity index (χ1v) is 20.2. The lowest BCUT2D eigenvalue weighted by molar-refractivity contribution is 0.632. The van der Waals surface area contributed by atoms with Crippen molar-refractivity contribution in [2.24, 2.45) is 0 Å². The second kappa shape index (κ2) is 12.8. The average molecular weight is 760 g/mol. The van der Waals surface area contributed by atoms with Crippen LogP contribution in [0.5, 0.6) is 0 Å². The van der Waals surface area contributed by atoms with Gasteiger partial charge in [-0.2, -0.15) is 0 Å². The highest BCUT2D eigenvalue weighted by molar-refractivity contribution is 6.73. The van der Waals surface area contributed by atoms with E-state index in [0.717, 1.165) is 85.3 Å². The van der Waals surface area contributed by atoms with E-state index in [1.807, 2.05) is 6.07 Å². The average Bonchev–Trinajstić information content (AvgIpc) is 3.95. The number of hydrogen-bond donors (Lipinski definition) is 1. The summed E-state index contributed by atoms with van der Waals surface area (Å²) in [5.74, 6) is 0.890. The van der Waals surface area contributed by atoms with Gasteiger partial charge in [0.05, 0.1) is 11.2 Å². The van der Waals surface area contributed by atoms with Gasteiger partial charge in [-0.1, -0.05) is 109 Å². The van der Waals surface area contributed by atoms with E-state index < -0.39 is 0 Å². The minimum atomic E-state index is 0.747. The first kappa shape index (κ1) is 33.7. The highest BCUT2D eigenvalue weighted by Gasteiger charge is 2.30. The number of nitrogens with zero attached hydrogens (tertiary/aromatic N) is 2. The number of rotatable bonds is 6. The fourth-order valence-corrected chi connectivity index (χ4v) is 9.59. The minimum absolute atomic E-state index is 0.747. The molecule has 12 rings (SSSR count). The molecule has 59 heavy (non-hydrogen) atoms. The molecule has 8 aromatic carbocycles. The number of aromatic nitrogens is 1. The van der Waals surface area contributed by atoms with Crippen molar-refractivity contribution in [2.75, 3.05) is 24.3 Å². The van der Waals surface area contributed by atoms with Gasteiger partial charge in [0.25, 0.3) is 0 Å². The summed E-state index contributed by atoms with van der Waals surface area (Å²) in [6.07, 6.45) is 0. The summed E-state index contributed by atoms with van der Waals surface area (Å²) in [6, 6.07) is 58.6. The summed E-state index contributed by atoms with van der Waals surface area (Å²) in [5.41, 5.74) is 18.9. The lowest BCUT2D eigenvalue weighted by Gasteiger charge is -2.24. The van der Waals surface area contributed by atoms with Crippen LogP contribution >= 0.6 is 0 Å². The molecule has 3 aromatic heterocycles. The molecular formula is C53H38BN3O2. The maximum absolute atomic E-state index is 6.93. The second-order valence-corrected chi connectivity index (χ2v) is 16.0. The van der Waals surface area contributed by atoms with Crippen LogP contribution < -0.4 is 21.1 Å². The van der Waals surface area contributed by atoms with Crippen LogP contribution in [-0.2, 0) is 0 Å². The van der Waals surface area contributed by atoms with Gasteiger partial charge >= 0.3 is 0 Å². The molecule has 0 atom stereocenters. The van der Waals surface area contributed by atoms with Gasteiger partial charge in [0.1, 0.15) is 22.5 Å². The number of aryl methyl sites for hydroxylation is 1. The standard InChI is InChI=1S/C53H38BN3O2/c1-31-26-40(38-27-39-36-18-11-13-21-46(36)58-48(39)30-43(38)55-34-22-24-35(25-23-34)56(2)3)51-52-49(31)37-19-10-12-20-44(37)57(52)45-28-41-47(29-42(45)54-51)59-53(33-16-8-5-9-17-33)50(41)32-14-6-4-7-15-32/h4-30,54-55H,1-3H3. The van der Waals surface area contributed by atoms with E-state index in [4.69, 9.17) is 8.83 Å². The van der Waals surface area contributed by atoms with Crippen LogP contribution in [0.4, 0.5) is 17.1 Å². The molecular weight excluding hydrogens is 721 g/mol. The zero-order valence-electron chi connectivity index (χ0n) is 33.0. The monoisotopic (exact) mass is 759 g/mol. The van der Waals surface area contributed by atoms with E-state index in [9.17, 15) is 0 Å². The molecule has 280 valence electrons. The van der Waals surface area contributed by atoms with Crippen molar-refractivity contribution in [3.05, 3.63) is 169 Å². The van der Waals surface area contributed by atoms with Crippen molar-refractivity contribution in [3.8, 4) is 39.3 Å². The summed E-state index contributed by atoms with van der Waals surface area (Å²) >= 11 is 0. The summed E-state index contributed by atoms with van der Waals surface area (Å²) in [6.45, 7) is 2.27. The molecule has 0 aliphatic carbocycles. The first-order valence-electron chi connectivity index (χ1n) is 20.2. The highest BCUT2D eigenvalue weighted by atomic mass is 16.3. The fourth-order valence-electron chi connectivity index (χ4n) is 9.59. The third-order valence-corrected chi connectivity index (χ3v) is 12.3. The van der Waals surface area contributed by atoms with Crippen LogP contribution in [0.25, 0.3) is 94.0 Å². The predicted molar refractivity (Wildman–Crippen MR) is 249 cm³/mol. The van der Waals surface area contributed by atoms with Crippen LogP contribution in [-0.4, -0.2) is 25.9 Å². The highest BCUT2D eigenvalue weighted by Crippen LogP contribution is 2.45.